The molecule has 0 radical (unpaired) electrons. The Morgan fingerprint density at radius 1 is 1.06 bits per heavy atom. The fraction of sp³-hybridized carbons (Fsp3) is 0.308. The quantitative estimate of drug-likeness (QED) is 0.555. The van der Waals surface area contributed by atoms with Gasteiger partial charge in [-0.25, -0.2) is 0 Å². The largest absolute Gasteiger partial charge is 0.251 e. The van der Waals surface area contributed by atoms with E-state index in [-0.39, 0.29) is 5.41 Å². The van der Waals surface area contributed by atoms with Crippen molar-refractivity contribution in [3.05, 3.63) is 37.5 Å². The van der Waals surface area contributed by atoms with Gasteiger partial charge in [-0.3, -0.25) is 4.98 Å². The van der Waals surface area contributed by atoms with Crippen LogP contribution in [0.5, 0.6) is 0 Å². The molecule has 0 spiro atoms. The van der Waals surface area contributed by atoms with Crippen molar-refractivity contribution >= 4 is 56.7 Å². The number of hydrogen-bond donors (Lipinski definition) is 0. The van der Waals surface area contributed by atoms with E-state index in [1.165, 1.54) is 0 Å². The summed E-state index contributed by atoms with van der Waals surface area (Å²) in [5, 5.41) is 2.27. The van der Waals surface area contributed by atoms with Gasteiger partial charge in [-0.2, -0.15) is 0 Å². The van der Waals surface area contributed by atoms with Crippen LogP contribution in [0.3, 0.4) is 0 Å². The first-order valence-electron chi connectivity index (χ1n) is 5.25. The molecular formula is C13H12Cl2IN. The number of rotatable bonds is 0. The van der Waals surface area contributed by atoms with Crippen LogP contribution in [-0.2, 0) is 5.41 Å². The Morgan fingerprint density at radius 2 is 1.71 bits per heavy atom. The van der Waals surface area contributed by atoms with E-state index in [9.17, 15) is 0 Å². The molecule has 0 unspecified atom stereocenters. The molecule has 1 aromatic carbocycles. The van der Waals surface area contributed by atoms with E-state index in [0.29, 0.717) is 10.0 Å². The molecule has 90 valence electrons. The maximum Gasteiger partial charge on any atom is 0.0907 e. The highest BCUT2D eigenvalue weighted by Crippen LogP contribution is 2.33. The molecule has 1 nitrogen and oxygen atoms in total. The van der Waals surface area contributed by atoms with E-state index < -0.39 is 0 Å². The minimum atomic E-state index is -0.0375. The molecule has 17 heavy (non-hydrogen) atoms. The lowest BCUT2D eigenvalue weighted by Gasteiger charge is -2.19. The Hall–Kier alpha value is -0.0600. The van der Waals surface area contributed by atoms with Crippen molar-refractivity contribution in [1.82, 2.24) is 4.98 Å². The van der Waals surface area contributed by atoms with E-state index in [1.807, 2.05) is 18.2 Å². The summed E-state index contributed by atoms with van der Waals surface area (Å²) < 4.78 is 1.06. The molecule has 0 aliphatic rings. The van der Waals surface area contributed by atoms with Crippen molar-refractivity contribution in [1.29, 1.82) is 0 Å². The van der Waals surface area contributed by atoms with Gasteiger partial charge in [0, 0.05) is 20.1 Å². The summed E-state index contributed by atoms with van der Waals surface area (Å²) in [6.45, 7) is 6.33. The lowest BCUT2D eigenvalue weighted by molar-refractivity contribution is 0.571. The van der Waals surface area contributed by atoms with Crippen LogP contribution in [0.25, 0.3) is 10.9 Å². The molecule has 2 rings (SSSR count). The summed E-state index contributed by atoms with van der Waals surface area (Å²) in [5.74, 6) is 0. The SMILES string of the molecule is CC(C)(C)c1cc(Cl)c2cc(I)cc(Cl)c2n1. The van der Waals surface area contributed by atoms with E-state index in [0.717, 1.165) is 20.2 Å². The molecule has 0 saturated heterocycles. The molecule has 0 amide bonds. The summed E-state index contributed by atoms with van der Waals surface area (Å²) in [6, 6.07) is 5.83. The molecule has 1 aromatic heterocycles. The van der Waals surface area contributed by atoms with Crippen molar-refractivity contribution < 1.29 is 0 Å². The Kier molecular flexibility index (Phi) is 3.59. The van der Waals surface area contributed by atoms with Gasteiger partial charge in [-0.05, 0) is 40.8 Å². The highest BCUT2D eigenvalue weighted by atomic mass is 127. The standard InChI is InChI=1S/C13H12Cl2IN/c1-13(2,3)11-6-9(14)8-4-7(16)5-10(15)12(8)17-11/h4-6H,1-3H3. The van der Waals surface area contributed by atoms with Crippen LogP contribution < -0.4 is 0 Å². The maximum atomic E-state index is 6.31. The molecule has 0 saturated carbocycles. The van der Waals surface area contributed by atoms with E-state index >= 15 is 0 Å². The van der Waals surface area contributed by atoms with Gasteiger partial charge in [0.05, 0.1) is 15.6 Å². The van der Waals surface area contributed by atoms with Crippen LogP contribution in [0.2, 0.25) is 10.0 Å². The number of fused-ring (bicyclic) bond motifs is 1. The van der Waals surface area contributed by atoms with Gasteiger partial charge in [0.15, 0.2) is 0 Å². The van der Waals surface area contributed by atoms with Crippen molar-refractivity contribution in [2.45, 2.75) is 26.2 Å². The second kappa shape index (κ2) is 4.56. The molecule has 0 N–H and O–H groups in total. The zero-order valence-corrected chi connectivity index (χ0v) is 13.5. The van der Waals surface area contributed by atoms with Crippen molar-refractivity contribution in [2.24, 2.45) is 0 Å². The fourth-order valence-electron chi connectivity index (χ4n) is 1.60. The van der Waals surface area contributed by atoms with Gasteiger partial charge in [0.1, 0.15) is 0 Å². The van der Waals surface area contributed by atoms with Gasteiger partial charge >= 0.3 is 0 Å². The average molecular weight is 380 g/mol. The smallest absolute Gasteiger partial charge is 0.0907 e. The molecular weight excluding hydrogens is 368 g/mol. The third-order valence-electron chi connectivity index (χ3n) is 2.55. The first-order chi connectivity index (χ1) is 7.79. The van der Waals surface area contributed by atoms with Gasteiger partial charge in [0.25, 0.3) is 0 Å². The topological polar surface area (TPSA) is 12.9 Å². The van der Waals surface area contributed by atoms with Crippen molar-refractivity contribution in [3.8, 4) is 0 Å². The summed E-state index contributed by atoms with van der Waals surface area (Å²) in [4.78, 5) is 4.63. The molecule has 0 aliphatic carbocycles. The number of pyridine rings is 1. The first-order valence-corrected chi connectivity index (χ1v) is 7.08. The molecule has 0 aliphatic heterocycles. The Labute approximate surface area is 125 Å². The van der Waals surface area contributed by atoms with Crippen LogP contribution >= 0.6 is 45.8 Å². The lowest BCUT2D eigenvalue weighted by atomic mass is 9.91. The highest BCUT2D eigenvalue weighted by Gasteiger charge is 2.18. The van der Waals surface area contributed by atoms with Gasteiger partial charge in [-0.1, -0.05) is 44.0 Å². The fourth-order valence-corrected chi connectivity index (χ4v) is 2.91. The maximum absolute atomic E-state index is 6.31. The summed E-state index contributed by atoms with van der Waals surface area (Å²) in [7, 11) is 0. The summed E-state index contributed by atoms with van der Waals surface area (Å²) in [5.41, 5.74) is 1.70. The van der Waals surface area contributed by atoms with Crippen molar-refractivity contribution in [2.75, 3.05) is 0 Å². The van der Waals surface area contributed by atoms with Crippen molar-refractivity contribution in [3.63, 3.8) is 0 Å². The average Bonchev–Trinajstić information content (AvgIpc) is 2.17. The Bertz CT molecular complexity index is 588. The zero-order chi connectivity index (χ0) is 12.8. The van der Waals surface area contributed by atoms with E-state index in [1.54, 1.807) is 0 Å². The van der Waals surface area contributed by atoms with Crippen LogP contribution in [-0.4, -0.2) is 4.98 Å². The minimum Gasteiger partial charge on any atom is -0.251 e. The normalized spacial score (nSPS) is 12.1. The monoisotopic (exact) mass is 379 g/mol. The van der Waals surface area contributed by atoms with Crippen LogP contribution in [0.15, 0.2) is 18.2 Å². The molecule has 0 atom stereocenters. The number of hydrogen-bond acceptors (Lipinski definition) is 1. The first kappa shape index (κ1) is 13.4. The van der Waals surface area contributed by atoms with E-state index in [4.69, 9.17) is 23.2 Å². The predicted octanol–water partition coefficient (Wildman–Crippen LogP) is 5.44. The summed E-state index contributed by atoms with van der Waals surface area (Å²) >= 11 is 14.8. The molecule has 0 fully saturated rings. The second-order valence-electron chi connectivity index (χ2n) is 5.02. The van der Waals surface area contributed by atoms with Gasteiger partial charge in [0.2, 0.25) is 0 Å². The van der Waals surface area contributed by atoms with E-state index in [2.05, 4.69) is 48.3 Å². The Morgan fingerprint density at radius 3 is 2.29 bits per heavy atom. The molecule has 4 heteroatoms. The predicted molar refractivity (Wildman–Crippen MR) is 83.2 cm³/mol. The molecule has 2 aromatic rings. The number of benzene rings is 1. The minimum absolute atomic E-state index is 0.0375. The number of aromatic nitrogens is 1. The van der Waals surface area contributed by atoms with Gasteiger partial charge < -0.3 is 0 Å². The number of halogens is 3. The molecule has 1 heterocycles. The van der Waals surface area contributed by atoms with Gasteiger partial charge in [-0.15, -0.1) is 0 Å². The van der Waals surface area contributed by atoms with Crippen LogP contribution in [0, 0.1) is 3.57 Å². The third-order valence-corrected chi connectivity index (χ3v) is 3.77. The second-order valence-corrected chi connectivity index (χ2v) is 7.08. The molecule has 0 bridgehead atoms. The Balaban J connectivity index is 2.83. The zero-order valence-electron chi connectivity index (χ0n) is 9.81. The van der Waals surface area contributed by atoms with Crippen LogP contribution in [0.1, 0.15) is 26.5 Å². The van der Waals surface area contributed by atoms with Crippen LogP contribution in [0.4, 0.5) is 0 Å². The number of nitrogens with zero attached hydrogens (tertiary/aromatic N) is 1. The third kappa shape index (κ3) is 2.69. The lowest BCUT2D eigenvalue weighted by Crippen LogP contribution is -2.13. The highest BCUT2D eigenvalue weighted by molar-refractivity contribution is 14.1. The summed E-state index contributed by atoms with van der Waals surface area (Å²) in [6.07, 6.45) is 0.